The van der Waals surface area contributed by atoms with Crippen LogP contribution in [0.4, 0.5) is 10.5 Å². The number of benzene rings is 1. The first-order chi connectivity index (χ1) is 9.75. The third-order valence-electron chi connectivity index (χ3n) is 2.87. The Morgan fingerprint density at radius 1 is 1.29 bits per heavy atom. The van der Waals surface area contributed by atoms with Crippen LogP contribution in [0.3, 0.4) is 0 Å². The molecule has 21 heavy (non-hydrogen) atoms. The van der Waals surface area contributed by atoms with Crippen LogP contribution in [-0.4, -0.2) is 43.6 Å². The highest BCUT2D eigenvalue weighted by Gasteiger charge is 2.10. The summed E-state index contributed by atoms with van der Waals surface area (Å²) in [5.74, 6) is -1.20. The number of carbonyl (C=O) groups excluding carboxylic acids is 1. The van der Waals surface area contributed by atoms with Crippen molar-refractivity contribution >= 4 is 27.5 Å². The van der Waals surface area contributed by atoms with Crippen molar-refractivity contribution in [2.45, 2.75) is 13.8 Å². The molecule has 0 bridgehead atoms. The van der Waals surface area contributed by atoms with Crippen molar-refractivity contribution in [3.63, 3.8) is 0 Å². The molecule has 0 fully saturated rings. The molecule has 7 nitrogen and oxygen atoms in total. The van der Waals surface area contributed by atoms with Gasteiger partial charge in [0.1, 0.15) is 0 Å². The lowest BCUT2D eigenvalue weighted by atomic mass is 10.1. The fraction of sp³-hybridized carbons (Fsp3) is 0.385. The van der Waals surface area contributed by atoms with Crippen molar-refractivity contribution in [2.24, 2.45) is 0 Å². The first-order valence-corrected chi connectivity index (χ1v) is 8.16. The minimum atomic E-state index is -3.13. The summed E-state index contributed by atoms with van der Waals surface area (Å²) < 4.78 is 22.6. The van der Waals surface area contributed by atoms with Crippen LogP contribution in [0.2, 0.25) is 0 Å². The van der Waals surface area contributed by atoms with Gasteiger partial charge in [-0.1, -0.05) is 13.0 Å². The number of hydrogen-bond acceptors (Lipinski definition) is 4. The Hall–Kier alpha value is -2.09. The molecular weight excluding hydrogens is 296 g/mol. The first-order valence-electron chi connectivity index (χ1n) is 6.34. The van der Waals surface area contributed by atoms with Crippen LogP contribution in [0.25, 0.3) is 0 Å². The summed E-state index contributed by atoms with van der Waals surface area (Å²) in [4.78, 5) is 22.5. The molecule has 8 heteroatoms. The number of aromatic carboxylic acids is 1. The van der Waals surface area contributed by atoms with Gasteiger partial charge >= 0.3 is 12.0 Å². The zero-order chi connectivity index (χ0) is 16.0. The summed E-state index contributed by atoms with van der Waals surface area (Å²) in [6.45, 7) is 3.26. The lowest BCUT2D eigenvalue weighted by molar-refractivity contribution is 0.0697. The van der Waals surface area contributed by atoms with Crippen molar-refractivity contribution in [3.8, 4) is 0 Å². The van der Waals surface area contributed by atoms with E-state index in [1.165, 1.54) is 19.1 Å². The Kier molecular flexibility index (Phi) is 5.71. The minimum Gasteiger partial charge on any atom is -0.478 e. The average Bonchev–Trinajstić information content (AvgIpc) is 2.40. The maximum Gasteiger partial charge on any atom is 0.335 e. The van der Waals surface area contributed by atoms with Crippen LogP contribution in [0.5, 0.6) is 0 Å². The van der Waals surface area contributed by atoms with Crippen molar-refractivity contribution < 1.29 is 23.1 Å². The fourth-order valence-corrected chi connectivity index (χ4v) is 2.22. The molecule has 2 amide bonds. The van der Waals surface area contributed by atoms with E-state index in [2.05, 4.69) is 10.6 Å². The van der Waals surface area contributed by atoms with Crippen LogP contribution in [-0.2, 0) is 9.84 Å². The van der Waals surface area contributed by atoms with E-state index in [0.717, 1.165) is 0 Å². The molecule has 0 atom stereocenters. The van der Waals surface area contributed by atoms with Gasteiger partial charge in [-0.2, -0.15) is 0 Å². The van der Waals surface area contributed by atoms with Gasteiger partial charge in [0.25, 0.3) is 0 Å². The Bertz CT molecular complexity index is 640. The Morgan fingerprint density at radius 2 is 1.95 bits per heavy atom. The molecule has 0 saturated carbocycles. The number of aryl methyl sites for hydroxylation is 1. The zero-order valence-corrected chi connectivity index (χ0v) is 12.7. The molecule has 1 rings (SSSR count). The quantitative estimate of drug-likeness (QED) is 0.731. The second-order valence-corrected chi connectivity index (χ2v) is 6.92. The minimum absolute atomic E-state index is 0.000322. The molecule has 0 saturated heterocycles. The molecule has 0 aliphatic heterocycles. The molecule has 0 heterocycles. The summed E-state index contributed by atoms with van der Waals surface area (Å²) in [7, 11) is -3.13. The maximum atomic E-state index is 11.7. The van der Waals surface area contributed by atoms with E-state index in [-0.39, 0.29) is 23.6 Å². The highest BCUT2D eigenvalue weighted by molar-refractivity contribution is 7.91. The molecule has 0 unspecified atom stereocenters. The van der Waals surface area contributed by atoms with Crippen LogP contribution >= 0.6 is 0 Å². The topological polar surface area (TPSA) is 113 Å². The van der Waals surface area contributed by atoms with Crippen LogP contribution in [0, 0.1) is 6.92 Å². The van der Waals surface area contributed by atoms with Crippen LogP contribution in [0.15, 0.2) is 18.2 Å². The third kappa shape index (κ3) is 5.42. The van der Waals surface area contributed by atoms with Crippen molar-refractivity contribution in [1.82, 2.24) is 5.32 Å². The number of sulfone groups is 1. The summed E-state index contributed by atoms with van der Waals surface area (Å²) in [5, 5.41) is 13.8. The lowest BCUT2D eigenvalue weighted by Crippen LogP contribution is -2.33. The Balaban J connectivity index is 2.63. The Morgan fingerprint density at radius 3 is 2.52 bits per heavy atom. The second-order valence-electron chi connectivity index (χ2n) is 4.45. The molecule has 0 spiro atoms. The summed E-state index contributed by atoms with van der Waals surface area (Å²) in [6.07, 6.45) is 0. The smallest absolute Gasteiger partial charge is 0.335 e. The molecule has 1 aromatic carbocycles. The predicted octanol–water partition coefficient (Wildman–Crippen LogP) is 1.25. The number of urea groups is 1. The van der Waals surface area contributed by atoms with Crippen LogP contribution < -0.4 is 10.6 Å². The maximum absolute atomic E-state index is 11.7. The number of amides is 2. The van der Waals surface area contributed by atoms with Gasteiger partial charge < -0.3 is 15.7 Å². The number of anilines is 1. The fourth-order valence-electron chi connectivity index (χ4n) is 1.52. The summed E-state index contributed by atoms with van der Waals surface area (Å²) in [5.41, 5.74) is 1.13. The van der Waals surface area contributed by atoms with Gasteiger partial charge in [-0.25, -0.2) is 18.0 Å². The van der Waals surface area contributed by atoms with E-state index < -0.39 is 21.8 Å². The SMILES string of the molecule is CCS(=O)(=O)CCNC(=O)Nc1cc(C(=O)O)ccc1C. The number of nitrogens with one attached hydrogen (secondary N) is 2. The Labute approximate surface area is 123 Å². The van der Waals surface area contributed by atoms with Gasteiger partial charge in [0.15, 0.2) is 9.84 Å². The number of carboxylic acids is 1. The van der Waals surface area contributed by atoms with Crippen LogP contribution in [0.1, 0.15) is 22.8 Å². The zero-order valence-electron chi connectivity index (χ0n) is 11.8. The summed E-state index contributed by atoms with van der Waals surface area (Å²) in [6, 6.07) is 3.79. The highest BCUT2D eigenvalue weighted by Crippen LogP contribution is 2.16. The standard InChI is InChI=1S/C13H18N2O5S/c1-3-21(19,20)7-6-14-13(18)15-11-8-10(12(16)17)5-4-9(11)2/h4-5,8H,3,6-7H2,1-2H3,(H,16,17)(H2,14,15,18). The monoisotopic (exact) mass is 314 g/mol. The van der Waals surface area contributed by atoms with E-state index in [0.29, 0.717) is 11.3 Å². The first kappa shape index (κ1) is 17.0. The van der Waals surface area contributed by atoms with Gasteiger partial charge in [0.2, 0.25) is 0 Å². The number of rotatable bonds is 6. The van der Waals surface area contributed by atoms with E-state index in [1.54, 1.807) is 13.0 Å². The summed E-state index contributed by atoms with van der Waals surface area (Å²) >= 11 is 0. The van der Waals surface area contributed by atoms with E-state index >= 15 is 0 Å². The molecule has 0 aromatic heterocycles. The third-order valence-corrected chi connectivity index (χ3v) is 4.58. The van der Waals surface area contributed by atoms with Gasteiger partial charge in [-0.05, 0) is 24.6 Å². The average molecular weight is 314 g/mol. The van der Waals surface area contributed by atoms with Crippen molar-refractivity contribution in [1.29, 1.82) is 0 Å². The van der Waals surface area contributed by atoms with Crippen molar-refractivity contribution in [2.75, 3.05) is 23.4 Å². The highest BCUT2D eigenvalue weighted by atomic mass is 32.2. The van der Waals surface area contributed by atoms with Gasteiger partial charge in [0, 0.05) is 18.0 Å². The normalized spacial score (nSPS) is 11.0. The van der Waals surface area contributed by atoms with E-state index in [9.17, 15) is 18.0 Å². The van der Waals surface area contributed by atoms with Gasteiger partial charge in [-0.3, -0.25) is 0 Å². The number of carboxylic acid groups (broad SMARTS) is 1. The number of hydrogen-bond donors (Lipinski definition) is 3. The largest absolute Gasteiger partial charge is 0.478 e. The molecule has 116 valence electrons. The van der Waals surface area contributed by atoms with Crippen molar-refractivity contribution in [3.05, 3.63) is 29.3 Å². The van der Waals surface area contributed by atoms with E-state index in [4.69, 9.17) is 5.11 Å². The second kappa shape index (κ2) is 7.07. The molecule has 0 aliphatic rings. The van der Waals surface area contributed by atoms with Gasteiger partial charge in [0.05, 0.1) is 11.3 Å². The molecule has 0 radical (unpaired) electrons. The molecule has 1 aromatic rings. The molecule has 3 N–H and O–H groups in total. The molecule has 0 aliphatic carbocycles. The van der Waals surface area contributed by atoms with E-state index in [1.807, 2.05) is 0 Å². The molecular formula is C13H18N2O5S. The number of carbonyl (C=O) groups is 2. The predicted molar refractivity (Wildman–Crippen MR) is 79.5 cm³/mol. The lowest BCUT2D eigenvalue weighted by Gasteiger charge is -2.10. The van der Waals surface area contributed by atoms with Gasteiger partial charge in [-0.15, -0.1) is 0 Å².